The second-order valence-electron chi connectivity index (χ2n) is 9.43. The number of ether oxygens (including phenoxy) is 1. The first kappa shape index (κ1) is 24.3. The molecule has 2 amide bonds. The van der Waals surface area contributed by atoms with Gasteiger partial charge in [-0.2, -0.15) is 0 Å². The monoisotopic (exact) mass is 502 g/mol. The third kappa shape index (κ3) is 5.51. The maximum atomic E-state index is 13.4. The van der Waals surface area contributed by atoms with Crippen molar-refractivity contribution in [3.63, 3.8) is 0 Å². The number of anilines is 2. The molecule has 0 spiro atoms. The molecule has 2 N–H and O–H groups in total. The zero-order chi connectivity index (χ0) is 24.9. The second kappa shape index (κ2) is 11.1. The summed E-state index contributed by atoms with van der Waals surface area (Å²) in [5.41, 5.74) is 3.18. The number of carbonyl (C=O) groups is 3. The van der Waals surface area contributed by atoms with Gasteiger partial charge in [-0.1, -0.05) is 24.6 Å². The summed E-state index contributed by atoms with van der Waals surface area (Å²) < 4.78 is 5.64. The molecule has 1 aromatic heterocycles. The predicted octanol–water partition coefficient (Wildman–Crippen LogP) is 6.62. The van der Waals surface area contributed by atoms with Crippen molar-refractivity contribution in [2.24, 2.45) is 0 Å². The van der Waals surface area contributed by atoms with Crippen LogP contribution in [0.1, 0.15) is 86.5 Å². The Balaban J connectivity index is 1.31. The Labute approximate surface area is 215 Å². The largest absolute Gasteiger partial charge is 0.459 e. The van der Waals surface area contributed by atoms with E-state index in [-0.39, 0.29) is 23.9 Å². The van der Waals surface area contributed by atoms with Gasteiger partial charge in [0.15, 0.2) is 0 Å². The van der Waals surface area contributed by atoms with Crippen LogP contribution in [-0.2, 0) is 17.6 Å². The molecule has 2 aliphatic rings. The number of aryl methyl sites for hydroxylation is 1. The molecule has 0 unspecified atom stereocenters. The van der Waals surface area contributed by atoms with Crippen molar-refractivity contribution in [1.29, 1.82) is 0 Å². The van der Waals surface area contributed by atoms with Gasteiger partial charge in [-0.25, -0.2) is 4.79 Å². The number of rotatable bonds is 6. The number of amides is 2. The summed E-state index contributed by atoms with van der Waals surface area (Å²) in [6.45, 7) is 0. The summed E-state index contributed by atoms with van der Waals surface area (Å²) in [5, 5.41) is 6.51. The van der Waals surface area contributed by atoms with E-state index in [0.717, 1.165) is 61.8 Å². The van der Waals surface area contributed by atoms with Crippen molar-refractivity contribution in [2.75, 3.05) is 10.6 Å². The Morgan fingerprint density at radius 3 is 2.22 bits per heavy atom. The van der Waals surface area contributed by atoms with Crippen LogP contribution in [0.5, 0.6) is 0 Å². The van der Waals surface area contributed by atoms with Gasteiger partial charge in [0, 0.05) is 16.1 Å². The van der Waals surface area contributed by atoms with Crippen LogP contribution in [0.25, 0.3) is 0 Å². The molecule has 7 heteroatoms. The average molecular weight is 503 g/mol. The number of hydrogen-bond acceptors (Lipinski definition) is 5. The predicted molar refractivity (Wildman–Crippen MR) is 142 cm³/mol. The molecule has 2 aliphatic carbocycles. The Kier molecular flexibility index (Phi) is 7.47. The molecule has 1 heterocycles. The zero-order valence-electron chi connectivity index (χ0n) is 20.2. The minimum Gasteiger partial charge on any atom is -0.459 e. The highest BCUT2D eigenvalue weighted by molar-refractivity contribution is 7.17. The van der Waals surface area contributed by atoms with E-state index >= 15 is 0 Å². The minimum atomic E-state index is -0.322. The number of esters is 1. The first-order valence-corrected chi connectivity index (χ1v) is 13.5. The van der Waals surface area contributed by atoms with Crippen LogP contribution in [0, 0.1) is 0 Å². The molecule has 1 fully saturated rings. The van der Waals surface area contributed by atoms with E-state index in [9.17, 15) is 14.4 Å². The van der Waals surface area contributed by atoms with Crippen molar-refractivity contribution in [3.8, 4) is 0 Å². The number of hydrogen-bond donors (Lipinski definition) is 2. The summed E-state index contributed by atoms with van der Waals surface area (Å²) in [7, 11) is 0. The van der Waals surface area contributed by atoms with Crippen LogP contribution in [0.2, 0.25) is 0 Å². The Morgan fingerprint density at radius 2 is 1.47 bits per heavy atom. The van der Waals surface area contributed by atoms with Crippen molar-refractivity contribution < 1.29 is 19.1 Å². The maximum Gasteiger partial charge on any atom is 0.338 e. The summed E-state index contributed by atoms with van der Waals surface area (Å²) in [6.07, 6.45) is 9.09. The number of thiophene rings is 1. The second-order valence-corrected chi connectivity index (χ2v) is 10.5. The molecule has 2 aromatic carbocycles. The van der Waals surface area contributed by atoms with Gasteiger partial charge in [0.05, 0.1) is 11.1 Å². The van der Waals surface area contributed by atoms with Crippen molar-refractivity contribution in [2.45, 2.75) is 63.9 Å². The van der Waals surface area contributed by atoms with Crippen LogP contribution in [0.15, 0.2) is 54.6 Å². The maximum absolute atomic E-state index is 13.4. The minimum absolute atomic E-state index is 0.0000793. The topological polar surface area (TPSA) is 84.5 Å². The number of benzene rings is 2. The third-order valence-corrected chi connectivity index (χ3v) is 8.07. The van der Waals surface area contributed by atoms with Gasteiger partial charge in [0.1, 0.15) is 11.1 Å². The van der Waals surface area contributed by atoms with Crippen LogP contribution >= 0.6 is 11.3 Å². The van der Waals surface area contributed by atoms with Crippen LogP contribution in [0.4, 0.5) is 10.7 Å². The molecule has 0 bridgehead atoms. The van der Waals surface area contributed by atoms with Crippen LogP contribution in [0.3, 0.4) is 0 Å². The van der Waals surface area contributed by atoms with Gasteiger partial charge in [0.2, 0.25) is 0 Å². The quantitative estimate of drug-likeness (QED) is 0.371. The summed E-state index contributed by atoms with van der Waals surface area (Å²) in [6, 6.07) is 15.8. The first-order valence-electron chi connectivity index (χ1n) is 12.7. The molecule has 36 heavy (non-hydrogen) atoms. The number of fused-ring (bicyclic) bond motifs is 1. The van der Waals surface area contributed by atoms with Crippen LogP contribution in [-0.4, -0.2) is 23.9 Å². The third-order valence-electron chi connectivity index (χ3n) is 6.87. The lowest BCUT2D eigenvalue weighted by Gasteiger charge is -2.21. The van der Waals surface area contributed by atoms with E-state index in [2.05, 4.69) is 10.6 Å². The van der Waals surface area contributed by atoms with Crippen molar-refractivity contribution in [3.05, 3.63) is 81.7 Å². The molecule has 5 rings (SSSR count). The summed E-state index contributed by atoms with van der Waals surface area (Å²) in [5.74, 6) is -0.808. The van der Waals surface area contributed by atoms with Crippen molar-refractivity contribution >= 4 is 39.8 Å². The molecule has 186 valence electrons. The molecule has 3 aromatic rings. The van der Waals surface area contributed by atoms with Gasteiger partial charge in [-0.05, 0) is 93.3 Å². The lowest BCUT2D eigenvalue weighted by atomic mass is 9.95. The number of nitrogens with one attached hydrogen (secondary N) is 2. The molecular weight excluding hydrogens is 472 g/mol. The Morgan fingerprint density at radius 1 is 0.750 bits per heavy atom. The molecule has 0 saturated heterocycles. The fraction of sp³-hybridized carbons (Fsp3) is 0.345. The lowest BCUT2D eigenvalue weighted by Crippen LogP contribution is -2.21. The highest BCUT2D eigenvalue weighted by Gasteiger charge is 2.27. The van der Waals surface area contributed by atoms with E-state index < -0.39 is 0 Å². The van der Waals surface area contributed by atoms with Gasteiger partial charge in [0.25, 0.3) is 11.8 Å². The van der Waals surface area contributed by atoms with Gasteiger partial charge in [-0.3, -0.25) is 9.59 Å². The molecule has 0 aliphatic heterocycles. The Hall–Kier alpha value is -3.45. The van der Waals surface area contributed by atoms with E-state index in [1.807, 2.05) is 18.2 Å². The lowest BCUT2D eigenvalue weighted by molar-refractivity contribution is 0.0211. The molecule has 1 saturated carbocycles. The molecule has 0 radical (unpaired) electrons. The van der Waals surface area contributed by atoms with Gasteiger partial charge in [-0.15, -0.1) is 11.3 Å². The molecule has 0 atom stereocenters. The SMILES string of the molecule is O=C(Nc1sc2c(c1C(=O)Nc1ccc(C(=O)OC3CCCCC3)cc1)CCCC2)c1ccccc1. The number of carbonyl (C=O) groups excluding carboxylic acids is 3. The van der Waals surface area contributed by atoms with E-state index in [1.165, 1.54) is 17.8 Å². The van der Waals surface area contributed by atoms with Crippen molar-refractivity contribution in [1.82, 2.24) is 0 Å². The smallest absolute Gasteiger partial charge is 0.338 e. The van der Waals surface area contributed by atoms with Crippen LogP contribution < -0.4 is 10.6 Å². The normalized spacial score (nSPS) is 15.6. The van der Waals surface area contributed by atoms with Gasteiger partial charge >= 0.3 is 5.97 Å². The highest BCUT2D eigenvalue weighted by atomic mass is 32.1. The highest BCUT2D eigenvalue weighted by Crippen LogP contribution is 2.39. The van der Waals surface area contributed by atoms with E-state index in [0.29, 0.717) is 27.4 Å². The summed E-state index contributed by atoms with van der Waals surface area (Å²) >= 11 is 1.49. The Bertz CT molecular complexity index is 1240. The average Bonchev–Trinajstić information content (AvgIpc) is 3.28. The molecule has 6 nitrogen and oxygen atoms in total. The zero-order valence-corrected chi connectivity index (χ0v) is 21.0. The first-order chi connectivity index (χ1) is 17.6. The molecular formula is C29H30N2O4S. The fourth-order valence-corrected chi connectivity index (χ4v) is 6.23. The standard InChI is InChI=1S/C29H30N2O4S/c32-26(19-9-3-1-4-10-19)31-28-25(23-13-7-8-14-24(23)36-28)27(33)30-21-17-15-20(16-18-21)29(34)35-22-11-5-2-6-12-22/h1,3-4,9-10,15-18,22H,2,5-8,11-14H2,(H,30,33)(H,31,32). The van der Waals surface area contributed by atoms with E-state index in [1.54, 1.807) is 36.4 Å². The van der Waals surface area contributed by atoms with Gasteiger partial charge < -0.3 is 15.4 Å². The summed E-state index contributed by atoms with van der Waals surface area (Å²) in [4.78, 5) is 39.9. The fourth-order valence-electron chi connectivity index (χ4n) is 4.94. The van der Waals surface area contributed by atoms with E-state index in [4.69, 9.17) is 4.74 Å².